The van der Waals surface area contributed by atoms with Crippen LogP contribution in [-0.4, -0.2) is 81.0 Å². The molecule has 1 saturated heterocycles. The van der Waals surface area contributed by atoms with E-state index in [1.807, 2.05) is 0 Å². The summed E-state index contributed by atoms with van der Waals surface area (Å²) in [7, 11) is 0.755. The normalized spacial score (nSPS) is 15.6. The van der Waals surface area contributed by atoms with Crippen molar-refractivity contribution in [1.29, 1.82) is 0 Å². The van der Waals surface area contributed by atoms with E-state index in [2.05, 4.69) is 9.97 Å². The van der Waals surface area contributed by atoms with Gasteiger partial charge in [0.25, 0.3) is 15.9 Å². The van der Waals surface area contributed by atoms with Crippen LogP contribution < -0.4 is 14.2 Å². The molecule has 1 aromatic heterocycles. The number of benzene rings is 1. The number of nitrogens with one attached hydrogen (secondary N) is 1. The van der Waals surface area contributed by atoms with Crippen LogP contribution in [0.4, 0.5) is 0 Å². The van der Waals surface area contributed by atoms with Crippen molar-refractivity contribution < 1.29 is 27.4 Å². The van der Waals surface area contributed by atoms with Gasteiger partial charge in [0.15, 0.2) is 16.5 Å². The van der Waals surface area contributed by atoms with E-state index < -0.39 is 10.0 Å². The molecule has 0 radical (unpaired) electrons. The molecule has 0 atom stereocenters. The monoisotopic (exact) mass is 424 g/mol. The standard InChI is InChI=1S/C18H24N4O6S/c1-26-14-6-5-13(16(27-2)17(14)28-3)18(23)21-7-4-8-22(10-9-21)29(24,25)15-11-19-12-20-15/h5-6,11-12H,4,7-10H2,1-3H3,(H,19,20). The lowest BCUT2D eigenvalue weighted by atomic mass is 10.1. The highest BCUT2D eigenvalue weighted by Crippen LogP contribution is 2.40. The maximum Gasteiger partial charge on any atom is 0.260 e. The van der Waals surface area contributed by atoms with Crippen molar-refractivity contribution in [3.63, 3.8) is 0 Å². The minimum atomic E-state index is -3.67. The van der Waals surface area contributed by atoms with Crippen LogP contribution in [0.2, 0.25) is 0 Å². The Morgan fingerprint density at radius 1 is 1.03 bits per heavy atom. The molecule has 1 fully saturated rings. The Bertz CT molecular complexity index is 961. The summed E-state index contributed by atoms with van der Waals surface area (Å²) in [5.74, 6) is 0.805. The van der Waals surface area contributed by atoms with E-state index in [1.165, 1.54) is 38.2 Å². The van der Waals surface area contributed by atoms with Gasteiger partial charge < -0.3 is 24.1 Å². The van der Waals surface area contributed by atoms with Crippen LogP contribution in [0.3, 0.4) is 0 Å². The Morgan fingerprint density at radius 2 is 1.79 bits per heavy atom. The molecule has 10 nitrogen and oxygen atoms in total. The third-order valence-corrected chi connectivity index (χ3v) is 6.59. The Kier molecular flexibility index (Phi) is 6.28. The van der Waals surface area contributed by atoms with Crippen LogP contribution in [0.1, 0.15) is 16.8 Å². The second kappa shape index (κ2) is 8.70. The molecule has 0 bridgehead atoms. The molecule has 1 amide bonds. The first-order chi connectivity index (χ1) is 13.9. The maximum atomic E-state index is 13.2. The molecule has 2 heterocycles. The molecular weight excluding hydrogens is 400 g/mol. The van der Waals surface area contributed by atoms with E-state index in [4.69, 9.17) is 14.2 Å². The molecule has 0 spiro atoms. The molecular formula is C18H24N4O6S. The number of nitrogens with zero attached hydrogens (tertiary/aromatic N) is 3. The van der Waals surface area contributed by atoms with Crippen molar-refractivity contribution in [3.8, 4) is 17.2 Å². The number of methoxy groups -OCH3 is 3. The van der Waals surface area contributed by atoms with E-state index >= 15 is 0 Å². The number of amides is 1. The first kappa shape index (κ1) is 20.9. The predicted octanol–water partition coefficient (Wildman–Crippen LogP) is 0.972. The van der Waals surface area contributed by atoms with Gasteiger partial charge in [0.05, 0.1) is 39.4 Å². The first-order valence-electron chi connectivity index (χ1n) is 9.00. The second-order valence-electron chi connectivity index (χ2n) is 6.35. The summed E-state index contributed by atoms with van der Waals surface area (Å²) in [5, 5.41) is 0.0406. The van der Waals surface area contributed by atoms with Gasteiger partial charge in [-0.2, -0.15) is 4.31 Å². The average Bonchev–Trinajstić information content (AvgIpc) is 3.17. The Labute approximate surface area is 169 Å². The zero-order valence-electron chi connectivity index (χ0n) is 16.5. The number of carbonyl (C=O) groups is 1. The summed E-state index contributed by atoms with van der Waals surface area (Å²) >= 11 is 0. The average molecular weight is 424 g/mol. The number of aromatic amines is 1. The van der Waals surface area contributed by atoms with Crippen LogP contribution in [0.5, 0.6) is 17.2 Å². The minimum Gasteiger partial charge on any atom is -0.493 e. The first-order valence-corrected chi connectivity index (χ1v) is 10.4. The fourth-order valence-corrected chi connectivity index (χ4v) is 4.67. The Balaban J connectivity index is 1.81. The third kappa shape index (κ3) is 4.01. The van der Waals surface area contributed by atoms with Gasteiger partial charge in [0, 0.05) is 26.2 Å². The number of ether oxygens (including phenoxy) is 3. The number of aromatic nitrogens is 2. The van der Waals surface area contributed by atoms with E-state index in [-0.39, 0.29) is 29.8 Å². The second-order valence-corrected chi connectivity index (χ2v) is 8.25. The smallest absolute Gasteiger partial charge is 0.260 e. The van der Waals surface area contributed by atoms with Gasteiger partial charge in [0.1, 0.15) is 0 Å². The van der Waals surface area contributed by atoms with Crippen molar-refractivity contribution in [2.24, 2.45) is 0 Å². The lowest BCUT2D eigenvalue weighted by Crippen LogP contribution is -2.37. The Morgan fingerprint density at radius 3 is 2.41 bits per heavy atom. The van der Waals surface area contributed by atoms with Crippen LogP contribution in [0, 0.1) is 0 Å². The van der Waals surface area contributed by atoms with Gasteiger partial charge in [-0.25, -0.2) is 13.4 Å². The highest BCUT2D eigenvalue weighted by Gasteiger charge is 2.31. The molecule has 1 aromatic carbocycles. The summed E-state index contributed by atoms with van der Waals surface area (Å²) in [6, 6.07) is 3.26. The predicted molar refractivity (Wildman–Crippen MR) is 104 cm³/mol. The summed E-state index contributed by atoms with van der Waals surface area (Å²) in [6.07, 6.45) is 3.11. The maximum absolute atomic E-state index is 13.2. The van der Waals surface area contributed by atoms with E-state index in [9.17, 15) is 13.2 Å². The largest absolute Gasteiger partial charge is 0.493 e. The molecule has 1 aliphatic rings. The van der Waals surface area contributed by atoms with Crippen molar-refractivity contribution >= 4 is 15.9 Å². The van der Waals surface area contributed by atoms with Crippen LogP contribution >= 0.6 is 0 Å². The number of sulfonamides is 1. The van der Waals surface area contributed by atoms with E-state index in [0.29, 0.717) is 36.6 Å². The van der Waals surface area contributed by atoms with E-state index in [0.717, 1.165) is 0 Å². The minimum absolute atomic E-state index is 0.0406. The number of carbonyl (C=O) groups excluding carboxylic acids is 1. The molecule has 3 rings (SSSR count). The molecule has 1 N–H and O–H groups in total. The van der Waals surface area contributed by atoms with Crippen molar-refractivity contribution in [3.05, 3.63) is 30.2 Å². The van der Waals surface area contributed by atoms with Crippen molar-refractivity contribution in [2.75, 3.05) is 47.5 Å². The zero-order valence-corrected chi connectivity index (χ0v) is 17.4. The lowest BCUT2D eigenvalue weighted by Gasteiger charge is -2.23. The summed E-state index contributed by atoms with van der Waals surface area (Å²) < 4.78 is 42.8. The highest BCUT2D eigenvalue weighted by molar-refractivity contribution is 7.89. The molecule has 0 aliphatic carbocycles. The topological polar surface area (TPSA) is 114 Å². The summed E-state index contributed by atoms with van der Waals surface area (Å²) in [5.41, 5.74) is 0.329. The highest BCUT2D eigenvalue weighted by atomic mass is 32.2. The van der Waals surface area contributed by atoms with Crippen LogP contribution in [0.25, 0.3) is 0 Å². The number of imidazole rings is 1. The SMILES string of the molecule is COc1ccc(C(=O)N2CCCN(S(=O)(=O)c3cnc[nH]3)CC2)c(OC)c1OC. The fourth-order valence-electron chi connectivity index (χ4n) is 3.30. The summed E-state index contributed by atoms with van der Waals surface area (Å²) in [6.45, 7) is 1.17. The molecule has 158 valence electrons. The van der Waals surface area contributed by atoms with Gasteiger partial charge in [0.2, 0.25) is 5.75 Å². The van der Waals surface area contributed by atoms with Gasteiger partial charge in [-0.1, -0.05) is 0 Å². The molecule has 1 aliphatic heterocycles. The zero-order chi connectivity index (χ0) is 21.0. The number of hydrogen-bond acceptors (Lipinski definition) is 7. The lowest BCUT2D eigenvalue weighted by molar-refractivity contribution is 0.0760. The molecule has 2 aromatic rings. The summed E-state index contributed by atoms with van der Waals surface area (Å²) in [4.78, 5) is 21.2. The van der Waals surface area contributed by atoms with Crippen molar-refractivity contribution in [2.45, 2.75) is 11.4 Å². The fraction of sp³-hybridized carbons (Fsp3) is 0.444. The van der Waals surface area contributed by atoms with Crippen molar-refractivity contribution in [1.82, 2.24) is 19.2 Å². The van der Waals surface area contributed by atoms with Crippen LogP contribution in [-0.2, 0) is 10.0 Å². The van der Waals surface area contributed by atoms with Gasteiger partial charge in [-0.05, 0) is 18.6 Å². The quantitative estimate of drug-likeness (QED) is 0.735. The molecule has 29 heavy (non-hydrogen) atoms. The third-order valence-electron chi connectivity index (χ3n) is 4.77. The van der Waals surface area contributed by atoms with Gasteiger partial charge in [-0.3, -0.25) is 4.79 Å². The van der Waals surface area contributed by atoms with Gasteiger partial charge >= 0.3 is 0 Å². The number of rotatable bonds is 6. The molecule has 0 unspecified atom stereocenters. The van der Waals surface area contributed by atoms with Crippen LogP contribution in [0.15, 0.2) is 29.7 Å². The Hall–Kier alpha value is -2.79. The molecule has 0 saturated carbocycles. The number of hydrogen-bond donors (Lipinski definition) is 1. The van der Waals surface area contributed by atoms with E-state index in [1.54, 1.807) is 17.0 Å². The van der Waals surface area contributed by atoms with Gasteiger partial charge in [-0.15, -0.1) is 0 Å². The molecule has 11 heteroatoms. The number of H-pyrrole nitrogens is 1.